The largest absolute Gasteiger partial charge is 0.444 e. The van der Waals surface area contributed by atoms with Gasteiger partial charge in [-0.25, -0.2) is 4.79 Å². The second-order valence-electron chi connectivity index (χ2n) is 8.58. The van der Waals surface area contributed by atoms with Crippen LogP contribution in [0.15, 0.2) is 0 Å². The van der Waals surface area contributed by atoms with Crippen molar-refractivity contribution in [3.8, 4) is 0 Å². The molecule has 2 saturated heterocycles. The molecule has 0 bridgehead atoms. The fourth-order valence-electron chi connectivity index (χ4n) is 4.15. The van der Waals surface area contributed by atoms with Crippen molar-refractivity contribution in [2.45, 2.75) is 84.1 Å². The Morgan fingerprint density at radius 2 is 1.96 bits per heavy atom. The van der Waals surface area contributed by atoms with E-state index in [1.165, 1.54) is 19.4 Å². The Labute approximate surface area is 147 Å². The summed E-state index contributed by atoms with van der Waals surface area (Å²) in [5.41, 5.74) is -0.423. The number of hydrogen-bond acceptors (Lipinski definition) is 4. The van der Waals surface area contributed by atoms with Gasteiger partial charge in [0.15, 0.2) is 0 Å². The highest BCUT2D eigenvalue weighted by molar-refractivity contribution is 5.68. The zero-order valence-corrected chi connectivity index (χ0v) is 16.4. The van der Waals surface area contributed by atoms with Crippen LogP contribution in [0.1, 0.15) is 60.3 Å². The molecule has 140 valence electrons. The number of amides is 1. The summed E-state index contributed by atoms with van der Waals surface area (Å²) in [7, 11) is 1.80. The van der Waals surface area contributed by atoms with E-state index >= 15 is 0 Å². The van der Waals surface area contributed by atoms with E-state index in [0.717, 1.165) is 25.9 Å². The van der Waals surface area contributed by atoms with E-state index < -0.39 is 5.60 Å². The summed E-state index contributed by atoms with van der Waals surface area (Å²) in [6.07, 6.45) is 4.84. The minimum Gasteiger partial charge on any atom is -0.444 e. The van der Waals surface area contributed by atoms with Crippen LogP contribution in [0.2, 0.25) is 0 Å². The molecule has 0 N–H and O–H groups in total. The second kappa shape index (κ2) is 8.05. The van der Waals surface area contributed by atoms with E-state index in [4.69, 9.17) is 9.47 Å². The van der Waals surface area contributed by atoms with Crippen LogP contribution in [0, 0.1) is 5.92 Å². The van der Waals surface area contributed by atoms with E-state index in [9.17, 15) is 4.79 Å². The van der Waals surface area contributed by atoms with E-state index in [2.05, 4.69) is 18.7 Å². The van der Waals surface area contributed by atoms with Crippen LogP contribution in [0.25, 0.3) is 0 Å². The van der Waals surface area contributed by atoms with Gasteiger partial charge in [-0.05, 0) is 65.8 Å². The zero-order chi connectivity index (χ0) is 17.9. The number of nitrogens with zero attached hydrogens (tertiary/aromatic N) is 2. The van der Waals surface area contributed by atoms with Gasteiger partial charge in [0, 0.05) is 32.3 Å². The van der Waals surface area contributed by atoms with Crippen LogP contribution in [0.3, 0.4) is 0 Å². The van der Waals surface area contributed by atoms with Crippen LogP contribution in [-0.4, -0.2) is 66.4 Å². The minimum absolute atomic E-state index is 0.168. The van der Waals surface area contributed by atoms with Crippen molar-refractivity contribution in [3.05, 3.63) is 0 Å². The number of likely N-dealkylation sites (tertiary alicyclic amines) is 2. The van der Waals surface area contributed by atoms with Crippen LogP contribution in [0.5, 0.6) is 0 Å². The summed E-state index contributed by atoms with van der Waals surface area (Å²) >= 11 is 0. The van der Waals surface area contributed by atoms with E-state index in [-0.39, 0.29) is 6.09 Å². The molecule has 4 atom stereocenters. The van der Waals surface area contributed by atoms with Crippen LogP contribution in [0.4, 0.5) is 4.79 Å². The number of piperidine rings is 1. The number of hydrogen-bond donors (Lipinski definition) is 0. The predicted octanol–water partition coefficient (Wildman–Crippen LogP) is 3.52. The molecule has 2 aliphatic rings. The predicted molar refractivity (Wildman–Crippen MR) is 96.2 cm³/mol. The van der Waals surface area contributed by atoms with Gasteiger partial charge in [-0.1, -0.05) is 6.92 Å². The molecule has 0 spiro atoms. The van der Waals surface area contributed by atoms with Gasteiger partial charge in [0.1, 0.15) is 5.60 Å². The zero-order valence-electron chi connectivity index (χ0n) is 16.4. The summed E-state index contributed by atoms with van der Waals surface area (Å²) < 4.78 is 11.0. The molecule has 2 aliphatic heterocycles. The standard InChI is InChI=1S/C19H36N2O3/c1-14-13-20(18(22)24-19(3,4)5)11-9-17(14)21-10-7-8-16(21)12-15(2)23-6/h14-17H,7-13H2,1-6H3/t14?,15?,16-,17?/m0/s1. The first-order valence-electron chi connectivity index (χ1n) is 9.47. The minimum atomic E-state index is -0.423. The van der Waals surface area contributed by atoms with Crippen molar-refractivity contribution in [2.75, 3.05) is 26.7 Å². The van der Waals surface area contributed by atoms with Crippen molar-refractivity contribution in [2.24, 2.45) is 5.92 Å². The Morgan fingerprint density at radius 3 is 2.54 bits per heavy atom. The van der Waals surface area contributed by atoms with Gasteiger partial charge in [-0.3, -0.25) is 4.90 Å². The number of rotatable bonds is 4. The molecule has 0 aromatic rings. The Bertz CT molecular complexity index is 421. The Hall–Kier alpha value is -0.810. The summed E-state index contributed by atoms with van der Waals surface area (Å²) in [6.45, 7) is 13.0. The van der Waals surface area contributed by atoms with E-state index in [1.54, 1.807) is 7.11 Å². The van der Waals surface area contributed by atoms with Crippen LogP contribution in [-0.2, 0) is 9.47 Å². The number of carbonyl (C=O) groups excluding carboxylic acids is 1. The maximum absolute atomic E-state index is 12.3. The average molecular weight is 341 g/mol. The van der Waals surface area contributed by atoms with Gasteiger partial charge < -0.3 is 14.4 Å². The molecule has 0 aliphatic carbocycles. The molecule has 24 heavy (non-hydrogen) atoms. The van der Waals surface area contributed by atoms with Gasteiger partial charge in [0.25, 0.3) is 0 Å². The lowest BCUT2D eigenvalue weighted by Crippen LogP contribution is -2.53. The Balaban J connectivity index is 1.92. The third kappa shape index (κ3) is 5.09. The van der Waals surface area contributed by atoms with Crippen molar-refractivity contribution >= 4 is 6.09 Å². The average Bonchev–Trinajstić information content (AvgIpc) is 2.93. The van der Waals surface area contributed by atoms with Gasteiger partial charge in [0.05, 0.1) is 6.10 Å². The third-order valence-corrected chi connectivity index (χ3v) is 5.37. The fraction of sp³-hybridized carbons (Fsp3) is 0.947. The maximum Gasteiger partial charge on any atom is 0.410 e. The van der Waals surface area contributed by atoms with Gasteiger partial charge in [-0.2, -0.15) is 0 Å². The van der Waals surface area contributed by atoms with Crippen molar-refractivity contribution in [1.82, 2.24) is 9.80 Å². The van der Waals surface area contributed by atoms with E-state index in [0.29, 0.717) is 24.1 Å². The quantitative estimate of drug-likeness (QED) is 0.785. The van der Waals surface area contributed by atoms with Crippen LogP contribution < -0.4 is 0 Å². The summed E-state index contributed by atoms with van der Waals surface area (Å²) in [5, 5.41) is 0. The molecule has 3 unspecified atom stereocenters. The Morgan fingerprint density at radius 1 is 1.25 bits per heavy atom. The van der Waals surface area contributed by atoms with Crippen molar-refractivity contribution in [3.63, 3.8) is 0 Å². The molecule has 5 nitrogen and oxygen atoms in total. The second-order valence-corrected chi connectivity index (χ2v) is 8.58. The molecule has 1 amide bonds. The highest BCUT2D eigenvalue weighted by Gasteiger charge is 2.38. The first-order valence-corrected chi connectivity index (χ1v) is 9.47. The maximum atomic E-state index is 12.3. The van der Waals surface area contributed by atoms with Crippen molar-refractivity contribution < 1.29 is 14.3 Å². The highest BCUT2D eigenvalue weighted by Crippen LogP contribution is 2.31. The van der Waals surface area contributed by atoms with Crippen molar-refractivity contribution in [1.29, 1.82) is 0 Å². The first-order chi connectivity index (χ1) is 11.2. The molecule has 2 heterocycles. The van der Waals surface area contributed by atoms with Gasteiger partial charge in [0.2, 0.25) is 0 Å². The number of ether oxygens (including phenoxy) is 2. The van der Waals surface area contributed by atoms with Crippen LogP contribution >= 0.6 is 0 Å². The lowest BCUT2D eigenvalue weighted by atomic mass is 9.91. The molecule has 2 rings (SSSR count). The SMILES string of the molecule is COC(C)C[C@@H]1CCCN1C1CCN(C(=O)OC(C)(C)C)CC1C. The number of methoxy groups -OCH3 is 1. The molecular formula is C19H36N2O3. The van der Waals surface area contributed by atoms with E-state index in [1.807, 2.05) is 25.7 Å². The Kier molecular flexibility index (Phi) is 6.54. The highest BCUT2D eigenvalue weighted by atomic mass is 16.6. The lowest BCUT2D eigenvalue weighted by Gasteiger charge is -2.43. The topological polar surface area (TPSA) is 42.0 Å². The monoisotopic (exact) mass is 340 g/mol. The first kappa shape index (κ1) is 19.5. The van der Waals surface area contributed by atoms with Gasteiger partial charge in [-0.15, -0.1) is 0 Å². The molecule has 0 aromatic carbocycles. The molecule has 5 heteroatoms. The summed E-state index contributed by atoms with van der Waals surface area (Å²) in [6, 6.07) is 1.20. The summed E-state index contributed by atoms with van der Waals surface area (Å²) in [5.74, 6) is 0.477. The lowest BCUT2D eigenvalue weighted by molar-refractivity contribution is -0.00165. The smallest absolute Gasteiger partial charge is 0.410 e. The fourth-order valence-corrected chi connectivity index (χ4v) is 4.15. The molecule has 0 radical (unpaired) electrons. The number of carbonyl (C=O) groups is 1. The molecule has 0 saturated carbocycles. The normalized spacial score (nSPS) is 30.4. The summed E-state index contributed by atoms with van der Waals surface area (Å²) in [4.78, 5) is 16.9. The van der Waals surface area contributed by atoms with Gasteiger partial charge >= 0.3 is 6.09 Å². The molecular weight excluding hydrogens is 304 g/mol. The molecule has 0 aromatic heterocycles. The third-order valence-electron chi connectivity index (χ3n) is 5.37. The molecule has 2 fully saturated rings.